The molecular formula is C20H18N2O2. The number of pyridine rings is 1. The van der Waals surface area contributed by atoms with E-state index in [1.165, 1.54) is 0 Å². The first-order valence-corrected chi connectivity index (χ1v) is 7.62. The van der Waals surface area contributed by atoms with Crippen molar-refractivity contribution < 1.29 is 10.2 Å². The second-order valence-electron chi connectivity index (χ2n) is 5.37. The van der Waals surface area contributed by atoms with Crippen LogP contribution in [-0.4, -0.2) is 15.2 Å². The van der Waals surface area contributed by atoms with Crippen molar-refractivity contribution in [3.8, 4) is 5.75 Å². The molecule has 3 rings (SSSR count). The zero-order chi connectivity index (χ0) is 16.8. The highest BCUT2D eigenvalue weighted by atomic mass is 16.3. The highest BCUT2D eigenvalue weighted by Crippen LogP contribution is 2.20. The summed E-state index contributed by atoms with van der Waals surface area (Å²) in [6, 6.07) is 18.1. The van der Waals surface area contributed by atoms with Crippen molar-refractivity contribution in [1.82, 2.24) is 4.98 Å². The molecule has 0 bridgehead atoms. The lowest BCUT2D eigenvalue weighted by Crippen LogP contribution is -2.09. The number of rotatable bonds is 5. The monoisotopic (exact) mass is 318 g/mol. The minimum absolute atomic E-state index is 0.195. The van der Waals surface area contributed by atoms with E-state index >= 15 is 0 Å². The number of nitrogens with one attached hydrogen (secondary N) is 1. The molecule has 0 amide bonds. The molecule has 4 nitrogen and oxygen atoms in total. The molecule has 0 aliphatic rings. The van der Waals surface area contributed by atoms with E-state index in [1.807, 2.05) is 48.6 Å². The normalized spacial score (nSPS) is 12.2. The lowest BCUT2D eigenvalue weighted by Gasteiger charge is -2.14. The van der Waals surface area contributed by atoms with Crippen LogP contribution in [-0.2, 0) is 0 Å². The van der Waals surface area contributed by atoms with E-state index in [2.05, 4.69) is 10.3 Å². The van der Waals surface area contributed by atoms with Crippen molar-refractivity contribution in [2.75, 3.05) is 5.32 Å². The van der Waals surface area contributed by atoms with Crippen LogP contribution in [0.1, 0.15) is 22.9 Å². The van der Waals surface area contributed by atoms with Gasteiger partial charge in [-0.3, -0.25) is 4.98 Å². The Morgan fingerprint density at radius 3 is 2.00 bits per heavy atom. The van der Waals surface area contributed by atoms with Crippen LogP contribution in [0.2, 0.25) is 0 Å². The maximum Gasteiger partial charge on any atom is 0.150 e. The third-order valence-electron chi connectivity index (χ3n) is 3.60. The van der Waals surface area contributed by atoms with Crippen molar-refractivity contribution in [1.29, 1.82) is 0 Å². The first-order valence-electron chi connectivity index (χ1n) is 7.62. The number of phenols is 1. The molecule has 1 unspecified atom stereocenters. The number of aliphatic hydroxyl groups excluding tert-OH is 1. The predicted molar refractivity (Wildman–Crippen MR) is 96.3 cm³/mol. The van der Waals surface area contributed by atoms with Crippen molar-refractivity contribution in [2.24, 2.45) is 0 Å². The van der Waals surface area contributed by atoms with E-state index < -0.39 is 6.23 Å². The third kappa shape index (κ3) is 4.21. The molecule has 4 heteroatoms. The van der Waals surface area contributed by atoms with Gasteiger partial charge >= 0.3 is 0 Å². The van der Waals surface area contributed by atoms with Gasteiger partial charge in [0.25, 0.3) is 0 Å². The number of nitrogens with zero attached hydrogens (tertiary/aromatic N) is 1. The molecule has 0 saturated carbocycles. The van der Waals surface area contributed by atoms with Gasteiger partial charge in [0, 0.05) is 23.6 Å². The number of aliphatic hydroxyl groups is 1. The van der Waals surface area contributed by atoms with Gasteiger partial charge in [-0.15, -0.1) is 0 Å². The Hall–Kier alpha value is -3.11. The molecule has 3 aromatic rings. The van der Waals surface area contributed by atoms with E-state index in [4.69, 9.17) is 0 Å². The number of benzene rings is 2. The van der Waals surface area contributed by atoms with Gasteiger partial charge in [-0.2, -0.15) is 0 Å². The van der Waals surface area contributed by atoms with Crippen LogP contribution in [0, 0.1) is 0 Å². The second kappa shape index (κ2) is 7.44. The molecule has 0 aliphatic carbocycles. The molecule has 0 fully saturated rings. The van der Waals surface area contributed by atoms with E-state index in [-0.39, 0.29) is 5.75 Å². The molecule has 24 heavy (non-hydrogen) atoms. The quantitative estimate of drug-likeness (QED) is 0.490. The Balaban J connectivity index is 1.65. The Morgan fingerprint density at radius 1 is 0.792 bits per heavy atom. The van der Waals surface area contributed by atoms with Crippen molar-refractivity contribution in [3.63, 3.8) is 0 Å². The fourth-order valence-corrected chi connectivity index (χ4v) is 2.26. The largest absolute Gasteiger partial charge is 0.508 e. The zero-order valence-electron chi connectivity index (χ0n) is 13.0. The smallest absolute Gasteiger partial charge is 0.150 e. The predicted octanol–water partition coefficient (Wildman–Crippen LogP) is 4.06. The first kappa shape index (κ1) is 15.8. The lowest BCUT2D eigenvalue weighted by atomic mass is 10.1. The SMILES string of the molecule is Oc1ccc(NC(O)c2ccc(/C=C/c3ccncc3)cc2)cc1. The average Bonchev–Trinajstić information content (AvgIpc) is 2.63. The Bertz CT molecular complexity index is 797. The summed E-state index contributed by atoms with van der Waals surface area (Å²) < 4.78 is 0. The van der Waals surface area contributed by atoms with Gasteiger partial charge in [-0.05, 0) is 47.5 Å². The number of aromatic nitrogens is 1. The van der Waals surface area contributed by atoms with Crippen LogP contribution in [0.15, 0.2) is 73.1 Å². The van der Waals surface area contributed by atoms with Crippen molar-refractivity contribution in [3.05, 3.63) is 89.7 Å². The molecule has 0 radical (unpaired) electrons. The number of aromatic hydroxyl groups is 1. The third-order valence-corrected chi connectivity index (χ3v) is 3.60. The molecular weight excluding hydrogens is 300 g/mol. The standard InChI is InChI=1S/C20H18N2O2/c23-19-9-7-18(8-10-19)22-20(24)17-5-3-15(4-6-17)1-2-16-11-13-21-14-12-16/h1-14,20,22-24H/b2-1+. The van der Waals surface area contributed by atoms with Crippen LogP contribution in [0.25, 0.3) is 12.2 Å². The van der Waals surface area contributed by atoms with Gasteiger partial charge < -0.3 is 15.5 Å². The van der Waals surface area contributed by atoms with E-state index in [0.717, 1.165) is 22.4 Å². The molecule has 0 spiro atoms. The molecule has 120 valence electrons. The lowest BCUT2D eigenvalue weighted by molar-refractivity contribution is 0.208. The van der Waals surface area contributed by atoms with E-state index in [9.17, 15) is 10.2 Å². The zero-order valence-corrected chi connectivity index (χ0v) is 13.0. The molecule has 1 heterocycles. The first-order chi connectivity index (χ1) is 11.7. The van der Waals surface area contributed by atoms with Gasteiger partial charge in [-0.25, -0.2) is 0 Å². The summed E-state index contributed by atoms with van der Waals surface area (Å²) in [6.45, 7) is 0. The van der Waals surface area contributed by atoms with E-state index in [1.54, 1.807) is 36.7 Å². The van der Waals surface area contributed by atoms with Crippen molar-refractivity contribution >= 4 is 17.8 Å². The highest BCUT2D eigenvalue weighted by Gasteiger charge is 2.06. The van der Waals surface area contributed by atoms with Crippen LogP contribution < -0.4 is 5.32 Å². The molecule has 0 saturated heterocycles. The topological polar surface area (TPSA) is 65.4 Å². The Labute approximate surface area is 140 Å². The van der Waals surface area contributed by atoms with Gasteiger partial charge in [0.2, 0.25) is 0 Å². The summed E-state index contributed by atoms with van der Waals surface area (Å²) in [5.41, 5.74) is 3.64. The average molecular weight is 318 g/mol. The maximum atomic E-state index is 10.2. The van der Waals surface area contributed by atoms with Gasteiger partial charge in [0.05, 0.1) is 0 Å². The second-order valence-corrected chi connectivity index (χ2v) is 5.37. The summed E-state index contributed by atoms with van der Waals surface area (Å²) in [4.78, 5) is 3.99. The van der Waals surface area contributed by atoms with Gasteiger partial charge in [0.15, 0.2) is 6.23 Å². The highest BCUT2D eigenvalue weighted by molar-refractivity contribution is 5.69. The number of anilines is 1. The fraction of sp³-hybridized carbons (Fsp3) is 0.0500. The summed E-state index contributed by atoms with van der Waals surface area (Å²) in [5.74, 6) is 0.195. The molecule has 2 aromatic carbocycles. The van der Waals surface area contributed by atoms with Crippen LogP contribution in [0.5, 0.6) is 5.75 Å². The molecule has 1 atom stereocenters. The summed E-state index contributed by atoms with van der Waals surface area (Å²) in [7, 11) is 0. The van der Waals surface area contributed by atoms with Gasteiger partial charge in [-0.1, -0.05) is 36.4 Å². The maximum absolute atomic E-state index is 10.2. The van der Waals surface area contributed by atoms with Gasteiger partial charge in [0.1, 0.15) is 5.75 Å². The summed E-state index contributed by atoms with van der Waals surface area (Å²) in [5, 5.41) is 22.5. The molecule has 3 N–H and O–H groups in total. The van der Waals surface area contributed by atoms with Crippen LogP contribution in [0.3, 0.4) is 0 Å². The van der Waals surface area contributed by atoms with Crippen LogP contribution in [0.4, 0.5) is 5.69 Å². The summed E-state index contributed by atoms with van der Waals surface area (Å²) >= 11 is 0. The number of hydrogen-bond acceptors (Lipinski definition) is 4. The Kier molecular flexibility index (Phi) is 4.89. The minimum atomic E-state index is -0.812. The van der Waals surface area contributed by atoms with Crippen molar-refractivity contribution in [2.45, 2.75) is 6.23 Å². The number of hydrogen-bond donors (Lipinski definition) is 3. The fourth-order valence-electron chi connectivity index (χ4n) is 2.26. The minimum Gasteiger partial charge on any atom is -0.508 e. The molecule has 1 aromatic heterocycles. The number of phenolic OH excluding ortho intramolecular Hbond substituents is 1. The van der Waals surface area contributed by atoms with E-state index in [0.29, 0.717) is 0 Å². The Morgan fingerprint density at radius 2 is 1.38 bits per heavy atom. The summed E-state index contributed by atoms with van der Waals surface area (Å²) in [6.07, 6.45) is 6.73. The van der Waals surface area contributed by atoms with Crippen LogP contribution >= 0.6 is 0 Å². The molecule has 0 aliphatic heterocycles.